The van der Waals surface area contributed by atoms with Crippen LogP contribution < -0.4 is 0 Å². The lowest BCUT2D eigenvalue weighted by Crippen LogP contribution is -2.57. The van der Waals surface area contributed by atoms with Crippen LogP contribution in [0.25, 0.3) is 11.8 Å². The fourth-order valence-corrected chi connectivity index (χ4v) is 9.21. The van der Waals surface area contributed by atoms with Gasteiger partial charge in [-0.2, -0.15) is 5.10 Å². The zero-order valence-corrected chi connectivity index (χ0v) is 21.0. The molecule has 1 heterocycles. The van der Waals surface area contributed by atoms with Gasteiger partial charge in [0.15, 0.2) is 5.12 Å². The smallest absolute Gasteiger partial charge is 0.195 e. The normalized spacial score (nSPS) is 37.6. The molecule has 6 rings (SSSR count). The van der Waals surface area contributed by atoms with Gasteiger partial charge in [0.1, 0.15) is 11.8 Å². The van der Waals surface area contributed by atoms with E-state index in [0.717, 1.165) is 60.8 Å². The molecule has 0 aliphatic heterocycles. The maximum Gasteiger partial charge on any atom is 0.195 e. The molecular formula is C28H32F2N2O2S. The number of thioether (sulfide) groups is 1. The third-order valence-corrected chi connectivity index (χ3v) is 10.7. The number of fused-ring (bicyclic) bond motifs is 6. The van der Waals surface area contributed by atoms with E-state index in [1.165, 1.54) is 17.7 Å². The van der Waals surface area contributed by atoms with Gasteiger partial charge in [-0.05, 0) is 103 Å². The Hall–Kier alpha value is -1.99. The van der Waals surface area contributed by atoms with Crippen LogP contribution in [0.4, 0.5) is 8.78 Å². The van der Waals surface area contributed by atoms with Crippen molar-refractivity contribution in [2.75, 3.05) is 6.01 Å². The summed E-state index contributed by atoms with van der Waals surface area (Å²) in [6, 6.07) is 5.73. The molecule has 0 radical (unpaired) electrons. The number of carbonyl (C=O) groups is 1. The monoisotopic (exact) mass is 498 g/mol. The van der Waals surface area contributed by atoms with E-state index in [1.807, 2.05) is 10.9 Å². The summed E-state index contributed by atoms with van der Waals surface area (Å²) in [6.07, 6.45) is 8.84. The Morgan fingerprint density at radius 2 is 2.00 bits per heavy atom. The third-order valence-electron chi connectivity index (χ3n) is 9.97. The second kappa shape index (κ2) is 8.27. The number of aromatic nitrogens is 2. The summed E-state index contributed by atoms with van der Waals surface area (Å²) in [4.78, 5) is 12.7. The van der Waals surface area contributed by atoms with E-state index in [1.54, 1.807) is 12.1 Å². The summed E-state index contributed by atoms with van der Waals surface area (Å²) in [5.41, 5.74) is 3.97. The average molecular weight is 499 g/mol. The zero-order valence-electron chi connectivity index (χ0n) is 20.2. The second-order valence-corrected chi connectivity index (χ2v) is 12.4. The Kier molecular flexibility index (Phi) is 5.53. The molecule has 2 aromatic rings. The van der Waals surface area contributed by atoms with E-state index in [0.29, 0.717) is 18.3 Å². The number of carbonyl (C=O) groups excluding carboxylic acids is 1. The van der Waals surface area contributed by atoms with E-state index in [2.05, 4.69) is 25.0 Å². The number of benzene rings is 1. The van der Waals surface area contributed by atoms with Crippen LogP contribution >= 0.6 is 11.8 Å². The summed E-state index contributed by atoms with van der Waals surface area (Å²) in [7, 11) is 0. The first-order valence-electron chi connectivity index (χ1n) is 12.7. The Balaban J connectivity index is 1.33. The lowest BCUT2D eigenvalue weighted by molar-refractivity contribution is -0.136. The highest BCUT2D eigenvalue weighted by molar-refractivity contribution is 8.13. The summed E-state index contributed by atoms with van der Waals surface area (Å²) in [6.45, 7) is 4.47. The fourth-order valence-electron chi connectivity index (χ4n) is 8.51. The minimum Gasteiger partial charge on any atom is -0.393 e. The number of halogens is 2. The molecule has 186 valence electrons. The van der Waals surface area contributed by atoms with Crippen LogP contribution in [0.15, 0.2) is 36.0 Å². The van der Waals surface area contributed by atoms with Gasteiger partial charge in [-0.1, -0.05) is 31.2 Å². The van der Waals surface area contributed by atoms with Crippen molar-refractivity contribution >= 4 is 23.0 Å². The Morgan fingerprint density at radius 3 is 2.74 bits per heavy atom. The lowest BCUT2D eigenvalue weighted by atomic mass is 9.46. The molecule has 1 aromatic heterocycles. The first-order valence-corrected chi connectivity index (χ1v) is 13.7. The highest BCUT2D eigenvalue weighted by Gasteiger charge is 2.63. The molecule has 0 bridgehead atoms. The predicted octanol–water partition coefficient (Wildman–Crippen LogP) is 5.97. The number of aliphatic hydroxyl groups is 1. The number of hydrogen-bond donors (Lipinski definition) is 1. The van der Waals surface area contributed by atoms with Crippen molar-refractivity contribution < 1.29 is 18.7 Å². The molecule has 3 fully saturated rings. The Bertz CT molecular complexity index is 1190. The van der Waals surface area contributed by atoms with Crippen molar-refractivity contribution in [2.45, 2.75) is 58.5 Å². The quantitative estimate of drug-likeness (QED) is 0.567. The van der Waals surface area contributed by atoms with Crippen LogP contribution in [0.1, 0.15) is 57.2 Å². The number of allylic oxidation sites excluding steroid dienone is 1. The molecule has 0 amide bonds. The van der Waals surface area contributed by atoms with Crippen molar-refractivity contribution in [3.8, 4) is 5.69 Å². The van der Waals surface area contributed by atoms with Crippen molar-refractivity contribution in [3.63, 3.8) is 0 Å². The molecule has 1 aromatic carbocycles. The molecule has 7 atom stereocenters. The number of alkyl halides is 1. The van der Waals surface area contributed by atoms with Gasteiger partial charge in [-0.3, -0.25) is 4.79 Å². The maximum absolute atomic E-state index is 13.5. The maximum atomic E-state index is 13.5. The zero-order chi connectivity index (χ0) is 24.5. The molecule has 3 saturated carbocycles. The summed E-state index contributed by atoms with van der Waals surface area (Å²) in [5, 5.41) is 16.2. The molecule has 4 aliphatic carbocycles. The van der Waals surface area contributed by atoms with Crippen LogP contribution in [0, 0.1) is 40.3 Å². The van der Waals surface area contributed by atoms with Gasteiger partial charge in [0.2, 0.25) is 0 Å². The summed E-state index contributed by atoms with van der Waals surface area (Å²) in [5.74, 6) is 0.432. The molecule has 0 saturated heterocycles. The van der Waals surface area contributed by atoms with Crippen LogP contribution in [0.2, 0.25) is 0 Å². The van der Waals surface area contributed by atoms with E-state index in [-0.39, 0.29) is 33.6 Å². The minimum atomic E-state index is -0.676. The van der Waals surface area contributed by atoms with Crippen LogP contribution in [-0.4, -0.2) is 32.1 Å². The van der Waals surface area contributed by atoms with Gasteiger partial charge in [0.25, 0.3) is 0 Å². The van der Waals surface area contributed by atoms with Crippen LogP contribution in [0.3, 0.4) is 0 Å². The second-order valence-electron chi connectivity index (χ2n) is 11.5. The minimum absolute atomic E-state index is 0.0405. The van der Waals surface area contributed by atoms with E-state index < -0.39 is 12.1 Å². The van der Waals surface area contributed by atoms with Crippen molar-refractivity contribution in [1.29, 1.82) is 0 Å². The van der Waals surface area contributed by atoms with E-state index in [9.17, 15) is 18.7 Å². The third kappa shape index (κ3) is 3.41. The van der Waals surface area contributed by atoms with Gasteiger partial charge in [-0.25, -0.2) is 13.5 Å². The molecule has 7 unspecified atom stereocenters. The highest BCUT2D eigenvalue weighted by atomic mass is 32.2. The number of rotatable bonds is 3. The molecule has 4 aliphatic rings. The standard InChI is InChI=1S/C28H32F2N2O2S/c1-27-12-16-14-31-32(19-6-4-18(30)5-7-19)23(16)11-17(27)3-8-20-21-9-10-22(26(34)35-15-29)28(21,2)13-24(33)25(20)27/h4-7,11,14,20-22,24-25,33H,3,8-10,12-13,15H2,1-2H3. The Morgan fingerprint density at radius 1 is 1.23 bits per heavy atom. The van der Waals surface area contributed by atoms with Crippen molar-refractivity contribution in [1.82, 2.24) is 9.78 Å². The number of hydrogen-bond acceptors (Lipinski definition) is 4. The van der Waals surface area contributed by atoms with Crippen molar-refractivity contribution in [2.24, 2.45) is 34.5 Å². The molecule has 7 heteroatoms. The van der Waals surface area contributed by atoms with Gasteiger partial charge in [0.05, 0.1) is 23.7 Å². The topological polar surface area (TPSA) is 55.1 Å². The average Bonchev–Trinajstić information content (AvgIpc) is 3.37. The van der Waals surface area contributed by atoms with Gasteiger partial charge in [-0.15, -0.1) is 0 Å². The Labute approximate surface area is 209 Å². The molecular weight excluding hydrogens is 466 g/mol. The van der Waals surface area contributed by atoms with E-state index >= 15 is 0 Å². The SMILES string of the molecule is CC12Cc3cnn(-c4ccc(F)cc4)c3C=C1CCC1C2C(O)CC2(C)C(C(=O)SCF)CCC12. The highest BCUT2D eigenvalue weighted by Crippen LogP contribution is 2.67. The van der Waals surface area contributed by atoms with E-state index in [4.69, 9.17) is 0 Å². The van der Waals surface area contributed by atoms with Gasteiger partial charge >= 0.3 is 0 Å². The fraction of sp³-hybridized carbons (Fsp3) is 0.571. The predicted molar refractivity (Wildman–Crippen MR) is 133 cm³/mol. The summed E-state index contributed by atoms with van der Waals surface area (Å²) < 4.78 is 28.3. The van der Waals surface area contributed by atoms with Crippen LogP contribution in [0.5, 0.6) is 0 Å². The first-order chi connectivity index (χ1) is 16.8. The molecule has 35 heavy (non-hydrogen) atoms. The first kappa shape index (κ1) is 23.4. The number of aliphatic hydroxyl groups excluding tert-OH is 1. The molecule has 0 spiro atoms. The van der Waals surface area contributed by atoms with Crippen LogP contribution in [-0.2, 0) is 11.2 Å². The molecule has 4 nitrogen and oxygen atoms in total. The van der Waals surface area contributed by atoms with Gasteiger partial charge in [0, 0.05) is 5.92 Å². The van der Waals surface area contributed by atoms with Crippen molar-refractivity contribution in [3.05, 3.63) is 53.1 Å². The summed E-state index contributed by atoms with van der Waals surface area (Å²) >= 11 is 0.798. The number of nitrogens with zero attached hydrogens (tertiary/aromatic N) is 2. The lowest BCUT2D eigenvalue weighted by Gasteiger charge is -2.59. The van der Waals surface area contributed by atoms with Gasteiger partial charge < -0.3 is 5.11 Å². The largest absolute Gasteiger partial charge is 0.393 e. The molecule has 1 N–H and O–H groups in total.